The minimum Gasteiger partial charge on any atom is -0.504 e. The molecule has 0 radical (unpaired) electrons. The molecule has 0 saturated heterocycles. The third kappa shape index (κ3) is 3.90. The van der Waals surface area contributed by atoms with Gasteiger partial charge in [0.25, 0.3) is 5.56 Å². The molecule has 0 amide bonds. The van der Waals surface area contributed by atoms with Crippen LogP contribution in [0.5, 0.6) is 11.5 Å². The molecule has 6 nitrogen and oxygen atoms in total. The normalized spacial score (nSPS) is 14.9. The summed E-state index contributed by atoms with van der Waals surface area (Å²) in [5.74, 6) is 1.39. The summed E-state index contributed by atoms with van der Waals surface area (Å²) < 4.78 is 5.45. The fourth-order valence-electron chi connectivity index (χ4n) is 3.16. The van der Waals surface area contributed by atoms with Gasteiger partial charge in [-0.1, -0.05) is 26.8 Å². The number of phenols is 1. The van der Waals surface area contributed by atoms with E-state index in [1.807, 2.05) is 39.8 Å². The lowest BCUT2D eigenvalue weighted by atomic mass is 9.95. The molecule has 2 heterocycles. The number of nitrogens with one attached hydrogen (secondary N) is 1. The molecule has 0 aliphatic carbocycles. The van der Waals surface area contributed by atoms with E-state index in [0.29, 0.717) is 25.4 Å². The molecule has 2 N–H and O–H groups in total. The van der Waals surface area contributed by atoms with Crippen LogP contribution in [0.3, 0.4) is 0 Å². The Bertz CT molecular complexity index is 852. The molecule has 0 unspecified atom stereocenters. The molecule has 0 spiro atoms. The number of rotatable bonds is 4. The van der Waals surface area contributed by atoms with E-state index in [2.05, 4.69) is 9.88 Å². The number of aromatic hydroxyl groups is 1. The van der Waals surface area contributed by atoms with E-state index in [0.717, 1.165) is 35.6 Å². The Balaban J connectivity index is 1.79. The second kappa shape index (κ2) is 7.11. The van der Waals surface area contributed by atoms with Crippen LogP contribution in [0.15, 0.2) is 23.0 Å². The van der Waals surface area contributed by atoms with Crippen molar-refractivity contribution in [2.45, 2.75) is 52.6 Å². The van der Waals surface area contributed by atoms with Gasteiger partial charge in [-0.2, -0.15) is 0 Å². The van der Waals surface area contributed by atoms with Crippen LogP contribution in [-0.2, 0) is 24.9 Å². The van der Waals surface area contributed by atoms with Gasteiger partial charge in [0, 0.05) is 31.5 Å². The number of H-pyrrole nitrogens is 1. The molecule has 2 aromatic rings. The molecule has 0 fully saturated rings. The van der Waals surface area contributed by atoms with Crippen LogP contribution in [0.4, 0.5) is 0 Å². The van der Waals surface area contributed by atoms with Crippen molar-refractivity contribution in [1.29, 1.82) is 0 Å². The standard InChI is InChI=1S/C20H27N3O3/c1-5-26-17-10-13(6-7-16(17)24)11-23-9-8-15-14(12-23)18(25)22-19(21-15)20(2,3)4/h6-7,10,24H,5,8-9,11-12H2,1-4H3,(H,21,22,25). The predicted molar refractivity (Wildman–Crippen MR) is 101 cm³/mol. The lowest BCUT2D eigenvalue weighted by Crippen LogP contribution is -2.37. The summed E-state index contributed by atoms with van der Waals surface area (Å²) in [7, 11) is 0. The van der Waals surface area contributed by atoms with Crippen LogP contribution in [-0.4, -0.2) is 33.1 Å². The quantitative estimate of drug-likeness (QED) is 0.880. The highest BCUT2D eigenvalue weighted by Gasteiger charge is 2.24. The zero-order chi connectivity index (χ0) is 18.9. The van der Waals surface area contributed by atoms with Crippen LogP contribution in [0.2, 0.25) is 0 Å². The second-order valence-electron chi connectivity index (χ2n) is 7.79. The molecular formula is C20H27N3O3. The van der Waals surface area contributed by atoms with Crippen molar-refractivity contribution in [3.05, 3.63) is 51.2 Å². The summed E-state index contributed by atoms with van der Waals surface area (Å²) >= 11 is 0. The van der Waals surface area contributed by atoms with Crippen molar-refractivity contribution in [3.8, 4) is 11.5 Å². The average molecular weight is 357 g/mol. The number of hydrogen-bond acceptors (Lipinski definition) is 5. The van der Waals surface area contributed by atoms with E-state index in [-0.39, 0.29) is 16.7 Å². The Morgan fingerprint density at radius 1 is 1.35 bits per heavy atom. The predicted octanol–water partition coefficient (Wildman–Crippen LogP) is 2.73. The number of aromatic amines is 1. The van der Waals surface area contributed by atoms with E-state index >= 15 is 0 Å². The molecule has 1 aliphatic rings. The van der Waals surface area contributed by atoms with Gasteiger partial charge in [-0.3, -0.25) is 9.69 Å². The summed E-state index contributed by atoms with van der Waals surface area (Å²) in [5.41, 5.74) is 2.51. The molecule has 1 aliphatic heterocycles. The molecule has 6 heteroatoms. The van der Waals surface area contributed by atoms with Gasteiger partial charge in [0.2, 0.25) is 0 Å². The van der Waals surface area contributed by atoms with Crippen molar-refractivity contribution >= 4 is 0 Å². The second-order valence-corrected chi connectivity index (χ2v) is 7.79. The lowest BCUT2D eigenvalue weighted by Gasteiger charge is -2.29. The molecule has 0 saturated carbocycles. The van der Waals surface area contributed by atoms with Crippen LogP contribution in [0, 0.1) is 0 Å². The monoisotopic (exact) mass is 357 g/mol. The van der Waals surface area contributed by atoms with Crippen molar-refractivity contribution in [2.24, 2.45) is 0 Å². The zero-order valence-corrected chi connectivity index (χ0v) is 15.9. The van der Waals surface area contributed by atoms with E-state index in [4.69, 9.17) is 9.72 Å². The molecule has 1 aromatic heterocycles. The maximum absolute atomic E-state index is 12.5. The third-order valence-electron chi connectivity index (χ3n) is 4.59. The number of fused-ring (bicyclic) bond motifs is 1. The van der Waals surface area contributed by atoms with E-state index in [9.17, 15) is 9.90 Å². The van der Waals surface area contributed by atoms with Crippen molar-refractivity contribution in [1.82, 2.24) is 14.9 Å². The number of nitrogens with zero attached hydrogens (tertiary/aromatic N) is 2. The van der Waals surface area contributed by atoms with Crippen molar-refractivity contribution in [2.75, 3.05) is 13.2 Å². The first kappa shape index (κ1) is 18.5. The summed E-state index contributed by atoms with van der Waals surface area (Å²) in [6.45, 7) is 10.7. The largest absolute Gasteiger partial charge is 0.504 e. The summed E-state index contributed by atoms with van der Waals surface area (Å²) in [6, 6.07) is 5.40. The summed E-state index contributed by atoms with van der Waals surface area (Å²) in [5, 5.41) is 9.84. The van der Waals surface area contributed by atoms with E-state index in [1.165, 1.54) is 0 Å². The summed E-state index contributed by atoms with van der Waals surface area (Å²) in [4.78, 5) is 22.4. The fourth-order valence-corrected chi connectivity index (χ4v) is 3.16. The minimum absolute atomic E-state index is 0.0367. The molecule has 0 bridgehead atoms. The highest BCUT2D eigenvalue weighted by Crippen LogP contribution is 2.28. The maximum Gasteiger partial charge on any atom is 0.255 e. The van der Waals surface area contributed by atoms with Gasteiger partial charge in [0.1, 0.15) is 5.82 Å². The first-order valence-corrected chi connectivity index (χ1v) is 9.07. The Morgan fingerprint density at radius 3 is 2.81 bits per heavy atom. The van der Waals surface area contributed by atoms with Crippen molar-refractivity contribution < 1.29 is 9.84 Å². The summed E-state index contributed by atoms with van der Waals surface area (Å²) in [6.07, 6.45) is 0.763. The van der Waals surface area contributed by atoms with Gasteiger partial charge in [-0.25, -0.2) is 4.98 Å². The molecule has 26 heavy (non-hydrogen) atoms. The highest BCUT2D eigenvalue weighted by molar-refractivity contribution is 5.41. The van der Waals surface area contributed by atoms with Crippen molar-refractivity contribution in [3.63, 3.8) is 0 Å². The SMILES string of the molecule is CCOc1cc(CN2CCc3nc(C(C)(C)C)[nH]c(=O)c3C2)ccc1O. The Labute approximate surface area is 153 Å². The van der Waals surface area contributed by atoms with Gasteiger partial charge < -0.3 is 14.8 Å². The lowest BCUT2D eigenvalue weighted by molar-refractivity contribution is 0.240. The van der Waals surface area contributed by atoms with Gasteiger partial charge in [-0.15, -0.1) is 0 Å². The Kier molecular flexibility index (Phi) is 5.05. The number of aromatic nitrogens is 2. The van der Waals surface area contributed by atoms with Crippen LogP contribution in [0.1, 0.15) is 50.3 Å². The third-order valence-corrected chi connectivity index (χ3v) is 4.59. The molecule has 140 valence electrons. The van der Waals surface area contributed by atoms with Gasteiger partial charge in [0.05, 0.1) is 17.9 Å². The average Bonchev–Trinajstić information content (AvgIpc) is 2.57. The minimum atomic E-state index is -0.174. The zero-order valence-electron chi connectivity index (χ0n) is 15.9. The van der Waals surface area contributed by atoms with Gasteiger partial charge in [0.15, 0.2) is 11.5 Å². The first-order valence-electron chi connectivity index (χ1n) is 9.07. The van der Waals surface area contributed by atoms with Crippen LogP contribution in [0.25, 0.3) is 0 Å². The number of hydrogen-bond donors (Lipinski definition) is 2. The topological polar surface area (TPSA) is 78.5 Å². The van der Waals surface area contributed by atoms with Gasteiger partial charge >= 0.3 is 0 Å². The maximum atomic E-state index is 12.5. The highest BCUT2D eigenvalue weighted by atomic mass is 16.5. The fraction of sp³-hybridized carbons (Fsp3) is 0.500. The van der Waals surface area contributed by atoms with Gasteiger partial charge in [-0.05, 0) is 24.6 Å². The first-order chi connectivity index (χ1) is 12.3. The van der Waals surface area contributed by atoms with E-state index < -0.39 is 0 Å². The Morgan fingerprint density at radius 2 is 2.12 bits per heavy atom. The number of benzene rings is 1. The van der Waals surface area contributed by atoms with Crippen LogP contribution >= 0.6 is 0 Å². The molecule has 1 aromatic carbocycles. The Hall–Kier alpha value is -2.34. The molecule has 3 rings (SSSR count). The van der Waals surface area contributed by atoms with Crippen LogP contribution < -0.4 is 10.3 Å². The van der Waals surface area contributed by atoms with E-state index in [1.54, 1.807) is 6.07 Å². The molecule has 0 atom stereocenters. The smallest absolute Gasteiger partial charge is 0.255 e. The number of ether oxygens (including phenoxy) is 1. The molecular weight excluding hydrogens is 330 g/mol. The number of phenolic OH excluding ortho intramolecular Hbond substituents is 1.